The normalized spacial score (nSPS) is 16.9. The zero-order valence-corrected chi connectivity index (χ0v) is 20.5. The first kappa shape index (κ1) is 25.3. The van der Waals surface area contributed by atoms with E-state index in [0.29, 0.717) is 27.8 Å². The first-order valence-corrected chi connectivity index (χ1v) is 12.0. The number of fused-ring (bicyclic) bond motifs is 3. The van der Waals surface area contributed by atoms with Crippen molar-refractivity contribution < 1.29 is 27.6 Å². The van der Waals surface area contributed by atoms with Crippen molar-refractivity contribution in [1.29, 1.82) is 0 Å². The lowest BCUT2D eigenvalue weighted by Crippen LogP contribution is -2.51. The van der Waals surface area contributed by atoms with Gasteiger partial charge < -0.3 is 15.1 Å². The van der Waals surface area contributed by atoms with Crippen molar-refractivity contribution >= 4 is 57.6 Å². The average Bonchev–Trinajstić information content (AvgIpc) is 3.42. The molecule has 14 heteroatoms. The zero-order chi connectivity index (χ0) is 26.5. The van der Waals surface area contributed by atoms with Gasteiger partial charge in [-0.15, -0.1) is 0 Å². The van der Waals surface area contributed by atoms with Gasteiger partial charge in [0, 0.05) is 30.2 Å². The fraction of sp³-hybridized carbons (Fsp3) is 0.348. The van der Waals surface area contributed by atoms with E-state index in [1.54, 1.807) is 22.5 Å². The lowest BCUT2D eigenvalue weighted by Gasteiger charge is -2.38. The fourth-order valence-corrected chi connectivity index (χ4v) is 5.44. The number of piperidine rings is 1. The number of pyridine rings is 1. The van der Waals surface area contributed by atoms with Crippen molar-refractivity contribution in [2.75, 3.05) is 31.1 Å². The zero-order valence-electron chi connectivity index (χ0n) is 19.0. The maximum atomic E-state index is 13.7. The standard InChI is InChI=1S/C23H19Cl2F3N6O3/c24-14-1-2-15-17(18(14)25)22(21(37)34(15)10-16(35)30-11-23(26,27)28)3-5-33(6-4-22)20(36)13-7-12-9-31-32-19(12)29-8-13/h1-2,7-9H,3-6,10-11H2,(H,30,35)(H,29,31,32). The summed E-state index contributed by atoms with van der Waals surface area (Å²) in [6.07, 6.45) is -1.21. The maximum Gasteiger partial charge on any atom is 0.405 e. The number of hydrogen-bond acceptors (Lipinski definition) is 5. The van der Waals surface area contributed by atoms with E-state index in [2.05, 4.69) is 15.2 Å². The van der Waals surface area contributed by atoms with Gasteiger partial charge in [-0.1, -0.05) is 23.2 Å². The van der Waals surface area contributed by atoms with Gasteiger partial charge in [-0.3, -0.25) is 19.5 Å². The second kappa shape index (κ2) is 9.18. The summed E-state index contributed by atoms with van der Waals surface area (Å²) >= 11 is 12.8. The topological polar surface area (TPSA) is 111 Å². The van der Waals surface area contributed by atoms with E-state index in [4.69, 9.17) is 23.2 Å². The third kappa shape index (κ3) is 4.48. The Kier molecular flexibility index (Phi) is 6.27. The number of benzene rings is 1. The minimum atomic E-state index is -4.59. The maximum absolute atomic E-state index is 13.7. The molecule has 2 aromatic heterocycles. The molecule has 1 spiro atoms. The van der Waals surface area contributed by atoms with Crippen molar-refractivity contribution in [1.82, 2.24) is 25.4 Å². The van der Waals surface area contributed by atoms with Gasteiger partial charge in [0.25, 0.3) is 5.91 Å². The molecular formula is C23H19Cl2F3N6O3. The van der Waals surface area contributed by atoms with E-state index in [1.807, 2.05) is 0 Å². The number of likely N-dealkylation sites (tertiary alicyclic amines) is 1. The van der Waals surface area contributed by atoms with Crippen LogP contribution in [0, 0.1) is 0 Å². The van der Waals surface area contributed by atoms with Gasteiger partial charge in [-0.2, -0.15) is 18.3 Å². The highest BCUT2D eigenvalue weighted by molar-refractivity contribution is 6.43. The Morgan fingerprint density at radius 2 is 1.89 bits per heavy atom. The Hall–Kier alpha value is -3.38. The summed E-state index contributed by atoms with van der Waals surface area (Å²) in [7, 11) is 0. The number of anilines is 1. The minimum absolute atomic E-state index is 0.139. The molecule has 3 amide bonds. The summed E-state index contributed by atoms with van der Waals surface area (Å²) in [5, 5.41) is 9.42. The van der Waals surface area contributed by atoms with Crippen molar-refractivity contribution in [3.05, 3.63) is 51.8 Å². The molecule has 194 valence electrons. The largest absolute Gasteiger partial charge is 0.405 e. The minimum Gasteiger partial charge on any atom is -0.345 e. The second-order valence-electron chi connectivity index (χ2n) is 8.94. The highest BCUT2D eigenvalue weighted by Gasteiger charge is 2.54. The van der Waals surface area contributed by atoms with Crippen LogP contribution in [0.15, 0.2) is 30.6 Å². The third-order valence-electron chi connectivity index (χ3n) is 6.73. The van der Waals surface area contributed by atoms with E-state index in [0.717, 1.165) is 4.90 Å². The molecule has 0 atom stereocenters. The van der Waals surface area contributed by atoms with Gasteiger partial charge in [0.15, 0.2) is 5.65 Å². The van der Waals surface area contributed by atoms with E-state index in [1.165, 1.54) is 18.3 Å². The fourth-order valence-electron chi connectivity index (χ4n) is 4.94. The van der Waals surface area contributed by atoms with Gasteiger partial charge in [-0.25, -0.2) is 4.98 Å². The monoisotopic (exact) mass is 554 g/mol. The second-order valence-corrected chi connectivity index (χ2v) is 9.73. The number of carbonyl (C=O) groups is 3. The highest BCUT2D eigenvalue weighted by atomic mass is 35.5. The van der Waals surface area contributed by atoms with Gasteiger partial charge >= 0.3 is 6.18 Å². The van der Waals surface area contributed by atoms with E-state index in [9.17, 15) is 27.6 Å². The molecule has 0 radical (unpaired) electrons. The molecule has 2 N–H and O–H groups in total. The van der Waals surface area contributed by atoms with Gasteiger partial charge in [0.05, 0.1) is 32.9 Å². The van der Waals surface area contributed by atoms with E-state index in [-0.39, 0.29) is 41.9 Å². The van der Waals surface area contributed by atoms with Crippen molar-refractivity contribution in [3.8, 4) is 0 Å². The van der Waals surface area contributed by atoms with Gasteiger partial charge in [0.1, 0.15) is 13.1 Å². The smallest absolute Gasteiger partial charge is 0.345 e. The molecule has 1 fully saturated rings. The molecule has 0 aliphatic carbocycles. The van der Waals surface area contributed by atoms with Crippen LogP contribution >= 0.6 is 23.2 Å². The Morgan fingerprint density at radius 1 is 1.16 bits per heavy atom. The van der Waals surface area contributed by atoms with Crippen LogP contribution < -0.4 is 10.2 Å². The number of rotatable bonds is 4. The van der Waals surface area contributed by atoms with Crippen LogP contribution in [-0.2, 0) is 15.0 Å². The van der Waals surface area contributed by atoms with Crippen molar-refractivity contribution in [2.24, 2.45) is 0 Å². The molecule has 3 aromatic rings. The number of hydrogen-bond donors (Lipinski definition) is 2. The summed E-state index contributed by atoms with van der Waals surface area (Å²) in [5.74, 6) is -1.70. The Morgan fingerprint density at radius 3 is 2.59 bits per heavy atom. The van der Waals surface area contributed by atoms with Crippen LogP contribution in [0.1, 0.15) is 28.8 Å². The Labute approximate surface area is 217 Å². The SMILES string of the molecule is O=C(CN1C(=O)C2(CCN(C(=O)c3cnc4[nH]ncc4c3)CC2)c2c1ccc(Cl)c2Cl)NCC(F)(F)F. The summed E-state index contributed by atoms with van der Waals surface area (Å²) in [6.45, 7) is -1.72. The summed E-state index contributed by atoms with van der Waals surface area (Å²) in [5.41, 5.74) is 0.477. The number of halogens is 5. The van der Waals surface area contributed by atoms with Crippen molar-refractivity contribution in [2.45, 2.75) is 24.4 Å². The molecule has 37 heavy (non-hydrogen) atoms. The van der Waals surface area contributed by atoms with Crippen LogP contribution in [-0.4, -0.2) is 70.2 Å². The molecule has 1 aromatic carbocycles. The number of amides is 3. The van der Waals surface area contributed by atoms with Gasteiger partial charge in [-0.05, 0) is 31.0 Å². The highest BCUT2D eigenvalue weighted by Crippen LogP contribution is 2.52. The number of aromatic nitrogens is 3. The Bertz CT molecular complexity index is 1420. The summed E-state index contributed by atoms with van der Waals surface area (Å²) in [4.78, 5) is 46.0. The third-order valence-corrected chi connectivity index (χ3v) is 7.53. The van der Waals surface area contributed by atoms with E-state index >= 15 is 0 Å². The predicted molar refractivity (Wildman–Crippen MR) is 129 cm³/mol. The number of nitrogens with zero attached hydrogens (tertiary/aromatic N) is 4. The molecule has 0 saturated carbocycles. The van der Waals surface area contributed by atoms with Crippen LogP contribution in [0.5, 0.6) is 0 Å². The molecule has 2 aliphatic rings. The molecule has 9 nitrogen and oxygen atoms in total. The van der Waals surface area contributed by atoms with E-state index < -0.39 is 36.5 Å². The first-order valence-electron chi connectivity index (χ1n) is 11.2. The van der Waals surface area contributed by atoms with Crippen molar-refractivity contribution in [3.63, 3.8) is 0 Å². The lowest BCUT2D eigenvalue weighted by atomic mass is 9.73. The number of carbonyl (C=O) groups excluding carboxylic acids is 3. The summed E-state index contributed by atoms with van der Waals surface area (Å²) in [6, 6.07) is 4.66. The summed E-state index contributed by atoms with van der Waals surface area (Å²) < 4.78 is 37.6. The van der Waals surface area contributed by atoms with Crippen LogP contribution in [0.2, 0.25) is 10.0 Å². The number of nitrogens with one attached hydrogen (secondary N) is 2. The van der Waals surface area contributed by atoms with Crippen LogP contribution in [0.3, 0.4) is 0 Å². The lowest BCUT2D eigenvalue weighted by molar-refractivity contribution is -0.138. The number of H-pyrrole nitrogens is 1. The molecule has 0 unspecified atom stereocenters. The molecule has 2 aliphatic heterocycles. The quantitative estimate of drug-likeness (QED) is 0.513. The molecule has 1 saturated heterocycles. The number of alkyl halides is 3. The number of aromatic amines is 1. The van der Waals surface area contributed by atoms with Gasteiger partial charge in [0.2, 0.25) is 11.8 Å². The van der Waals surface area contributed by atoms with Crippen LogP contribution in [0.4, 0.5) is 18.9 Å². The molecular weight excluding hydrogens is 536 g/mol. The first-order chi connectivity index (χ1) is 17.5. The molecule has 4 heterocycles. The average molecular weight is 555 g/mol. The molecule has 5 rings (SSSR count). The molecule has 0 bridgehead atoms. The predicted octanol–water partition coefficient (Wildman–Crippen LogP) is 3.46. The Balaban J connectivity index is 1.39. The van der Waals surface area contributed by atoms with Crippen LogP contribution in [0.25, 0.3) is 11.0 Å².